The summed E-state index contributed by atoms with van der Waals surface area (Å²) in [6.07, 6.45) is 3.63. The number of ether oxygens (including phenoxy) is 2. The summed E-state index contributed by atoms with van der Waals surface area (Å²) < 4.78 is 11.2. The fourth-order valence-electron chi connectivity index (χ4n) is 2.01. The van der Waals surface area contributed by atoms with Crippen LogP contribution >= 0.6 is 0 Å². The summed E-state index contributed by atoms with van der Waals surface area (Å²) in [4.78, 5) is 0. The summed E-state index contributed by atoms with van der Waals surface area (Å²) in [6.45, 7) is 8.66. The van der Waals surface area contributed by atoms with Crippen molar-refractivity contribution < 1.29 is 14.6 Å². The van der Waals surface area contributed by atoms with Crippen LogP contribution in [0.4, 0.5) is 5.69 Å². The standard InChI is InChI=1S/C15H19NO3/c1-3-5-18-14-8-11-7-12(17)10-16-13(11)9-15(14)19-6-4-2/h3-4,8-9,12,16-17H,1-2,5-7,10H2. The molecule has 0 saturated carbocycles. The molecular weight excluding hydrogens is 242 g/mol. The number of aliphatic hydroxyl groups is 1. The first-order valence-corrected chi connectivity index (χ1v) is 6.31. The second-order valence-electron chi connectivity index (χ2n) is 4.39. The third-order valence-electron chi connectivity index (χ3n) is 2.87. The molecule has 102 valence electrons. The largest absolute Gasteiger partial charge is 0.486 e. The number of anilines is 1. The second kappa shape index (κ2) is 6.29. The van der Waals surface area contributed by atoms with Crippen LogP contribution in [-0.2, 0) is 6.42 Å². The van der Waals surface area contributed by atoms with Gasteiger partial charge in [-0.15, -0.1) is 0 Å². The van der Waals surface area contributed by atoms with Crippen molar-refractivity contribution in [3.8, 4) is 11.5 Å². The Morgan fingerprint density at radius 3 is 2.47 bits per heavy atom. The van der Waals surface area contributed by atoms with Gasteiger partial charge in [-0.3, -0.25) is 0 Å². The van der Waals surface area contributed by atoms with Gasteiger partial charge in [-0.25, -0.2) is 0 Å². The molecule has 0 bridgehead atoms. The molecule has 1 aromatic carbocycles. The molecule has 1 heterocycles. The Morgan fingerprint density at radius 2 is 1.84 bits per heavy atom. The molecule has 1 aromatic rings. The molecule has 1 aliphatic rings. The molecule has 1 unspecified atom stereocenters. The predicted molar refractivity (Wildman–Crippen MR) is 76.0 cm³/mol. The minimum absolute atomic E-state index is 0.361. The highest BCUT2D eigenvalue weighted by Gasteiger charge is 2.19. The molecule has 0 aromatic heterocycles. The topological polar surface area (TPSA) is 50.7 Å². The van der Waals surface area contributed by atoms with Crippen LogP contribution in [0.15, 0.2) is 37.4 Å². The van der Waals surface area contributed by atoms with E-state index in [1.165, 1.54) is 0 Å². The first-order valence-electron chi connectivity index (χ1n) is 6.31. The maximum atomic E-state index is 9.67. The number of fused-ring (bicyclic) bond motifs is 1. The molecule has 2 rings (SSSR count). The van der Waals surface area contributed by atoms with Crippen LogP contribution in [0.1, 0.15) is 5.56 Å². The molecular formula is C15H19NO3. The van der Waals surface area contributed by atoms with Gasteiger partial charge in [0.2, 0.25) is 0 Å². The van der Waals surface area contributed by atoms with Gasteiger partial charge in [-0.2, -0.15) is 0 Å². The number of nitrogens with one attached hydrogen (secondary N) is 1. The van der Waals surface area contributed by atoms with Gasteiger partial charge in [0, 0.05) is 24.7 Å². The molecule has 0 radical (unpaired) electrons. The fraction of sp³-hybridized carbons (Fsp3) is 0.333. The first kappa shape index (κ1) is 13.5. The molecule has 0 saturated heterocycles. The van der Waals surface area contributed by atoms with Gasteiger partial charge in [0.15, 0.2) is 11.5 Å². The van der Waals surface area contributed by atoms with E-state index in [9.17, 15) is 5.11 Å². The number of benzene rings is 1. The monoisotopic (exact) mass is 261 g/mol. The van der Waals surface area contributed by atoms with E-state index in [-0.39, 0.29) is 6.10 Å². The highest BCUT2D eigenvalue weighted by molar-refractivity contribution is 5.62. The molecule has 1 atom stereocenters. The van der Waals surface area contributed by atoms with Gasteiger partial charge in [0.1, 0.15) is 13.2 Å². The van der Waals surface area contributed by atoms with Crippen molar-refractivity contribution in [1.82, 2.24) is 0 Å². The average molecular weight is 261 g/mol. The second-order valence-corrected chi connectivity index (χ2v) is 4.39. The molecule has 0 aliphatic carbocycles. The van der Waals surface area contributed by atoms with Gasteiger partial charge < -0.3 is 19.9 Å². The third-order valence-corrected chi connectivity index (χ3v) is 2.87. The highest BCUT2D eigenvalue weighted by atomic mass is 16.5. The summed E-state index contributed by atoms with van der Waals surface area (Å²) in [5, 5.41) is 12.9. The fourth-order valence-corrected chi connectivity index (χ4v) is 2.01. The normalized spacial score (nSPS) is 17.0. The van der Waals surface area contributed by atoms with Crippen LogP contribution in [-0.4, -0.2) is 31.0 Å². The van der Waals surface area contributed by atoms with Crippen molar-refractivity contribution >= 4 is 5.69 Å². The van der Waals surface area contributed by atoms with E-state index >= 15 is 0 Å². The van der Waals surface area contributed by atoms with E-state index < -0.39 is 0 Å². The van der Waals surface area contributed by atoms with Crippen LogP contribution in [0.5, 0.6) is 11.5 Å². The van der Waals surface area contributed by atoms with Crippen LogP contribution in [0, 0.1) is 0 Å². The SMILES string of the molecule is C=CCOc1cc2c(cc1OCC=C)NCC(O)C2. The van der Waals surface area contributed by atoms with E-state index in [0.29, 0.717) is 37.7 Å². The zero-order valence-electron chi connectivity index (χ0n) is 10.9. The van der Waals surface area contributed by atoms with Gasteiger partial charge in [-0.05, 0) is 11.6 Å². The van der Waals surface area contributed by atoms with Crippen LogP contribution in [0.3, 0.4) is 0 Å². The lowest BCUT2D eigenvalue weighted by Crippen LogP contribution is -2.27. The van der Waals surface area contributed by atoms with Crippen molar-refractivity contribution in [1.29, 1.82) is 0 Å². The summed E-state index contributed by atoms with van der Waals surface area (Å²) in [5.74, 6) is 1.33. The molecule has 19 heavy (non-hydrogen) atoms. The molecule has 0 fully saturated rings. The number of hydrogen-bond donors (Lipinski definition) is 2. The molecule has 1 aliphatic heterocycles. The lowest BCUT2D eigenvalue weighted by atomic mass is 10.0. The third kappa shape index (κ3) is 3.29. The Bertz CT molecular complexity index is 471. The molecule has 0 amide bonds. The van der Waals surface area contributed by atoms with E-state index in [1.54, 1.807) is 12.2 Å². The maximum Gasteiger partial charge on any atom is 0.163 e. The Hall–Kier alpha value is -1.94. The van der Waals surface area contributed by atoms with E-state index in [0.717, 1.165) is 11.3 Å². The zero-order chi connectivity index (χ0) is 13.7. The average Bonchev–Trinajstić information content (AvgIpc) is 2.42. The molecule has 0 spiro atoms. The number of hydrogen-bond acceptors (Lipinski definition) is 4. The van der Waals surface area contributed by atoms with Gasteiger partial charge >= 0.3 is 0 Å². The summed E-state index contributed by atoms with van der Waals surface area (Å²) >= 11 is 0. The lowest BCUT2D eigenvalue weighted by Gasteiger charge is -2.24. The van der Waals surface area contributed by atoms with Crippen LogP contribution in [0.2, 0.25) is 0 Å². The smallest absolute Gasteiger partial charge is 0.163 e. The zero-order valence-corrected chi connectivity index (χ0v) is 10.9. The summed E-state index contributed by atoms with van der Waals surface area (Å²) in [7, 11) is 0. The van der Waals surface area contributed by atoms with E-state index in [4.69, 9.17) is 9.47 Å². The van der Waals surface area contributed by atoms with Gasteiger partial charge in [0.25, 0.3) is 0 Å². The van der Waals surface area contributed by atoms with Gasteiger partial charge in [-0.1, -0.05) is 25.3 Å². The number of rotatable bonds is 6. The summed E-state index contributed by atoms with van der Waals surface area (Å²) in [5.41, 5.74) is 2.01. The molecule has 2 N–H and O–H groups in total. The van der Waals surface area contributed by atoms with E-state index in [2.05, 4.69) is 18.5 Å². The van der Waals surface area contributed by atoms with E-state index in [1.807, 2.05) is 12.1 Å². The van der Waals surface area contributed by atoms with Crippen molar-refractivity contribution in [3.63, 3.8) is 0 Å². The Balaban J connectivity index is 2.28. The number of aliphatic hydroxyl groups excluding tert-OH is 1. The lowest BCUT2D eigenvalue weighted by molar-refractivity contribution is 0.184. The summed E-state index contributed by atoms with van der Waals surface area (Å²) in [6, 6.07) is 3.82. The minimum atomic E-state index is -0.361. The maximum absolute atomic E-state index is 9.67. The Morgan fingerprint density at radius 1 is 1.21 bits per heavy atom. The Labute approximate surface area is 113 Å². The van der Waals surface area contributed by atoms with Crippen molar-refractivity contribution in [2.24, 2.45) is 0 Å². The first-order chi connectivity index (χ1) is 9.24. The van der Waals surface area contributed by atoms with Crippen molar-refractivity contribution in [2.75, 3.05) is 25.1 Å². The van der Waals surface area contributed by atoms with Crippen LogP contribution in [0.25, 0.3) is 0 Å². The minimum Gasteiger partial charge on any atom is -0.486 e. The Kier molecular flexibility index (Phi) is 4.47. The van der Waals surface area contributed by atoms with Crippen molar-refractivity contribution in [2.45, 2.75) is 12.5 Å². The van der Waals surface area contributed by atoms with Crippen LogP contribution < -0.4 is 14.8 Å². The molecule has 4 heteroatoms. The quantitative estimate of drug-likeness (QED) is 0.770. The highest BCUT2D eigenvalue weighted by Crippen LogP contribution is 2.36. The van der Waals surface area contributed by atoms with Gasteiger partial charge in [0.05, 0.1) is 6.10 Å². The van der Waals surface area contributed by atoms with Crippen molar-refractivity contribution in [3.05, 3.63) is 43.0 Å². The predicted octanol–water partition coefficient (Wildman–Crippen LogP) is 2.15. The number of β-amino-alcohol motifs (C(OH)–C–C–N with tert-alkyl or cyclic N) is 1. The molecule has 4 nitrogen and oxygen atoms in total.